The minimum atomic E-state index is -3.45. The summed E-state index contributed by atoms with van der Waals surface area (Å²) in [4.78, 5) is 3.95. The maximum Gasteiger partial charge on any atom is 0.209 e. The zero-order valence-corrected chi connectivity index (χ0v) is 11.9. The van der Waals surface area contributed by atoms with E-state index in [0.29, 0.717) is 18.8 Å². The van der Waals surface area contributed by atoms with E-state index in [2.05, 4.69) is 20.9 Å². The van der Waals surface area contributed by atoms with E-state index in [9.17, 15) is 8.42 Å². The number of nitrogens with zero attached hydrogens (tertiary/aromatic N) is 1. The molecule has 0 saturated heterocycles. The fraction of sp³-hybridized carbons (Fsp3) is 0.500. The van der Waals surface area contributed by atoms with Crippen LogP contribution in [-0.2, 0) is 10.0 Å². The van der Waals surface area contributed by atoms with E-state index < -0.39 is 10.0 Å². The van der Waals surface area contributed by atoms with Crippen LogP contribution in [0.1, 0.15) is 13.3 Å². The minimum Gasteiger partial charge on any atom is -0.492 e. The molecule has 1 unspecified atom stereocenters. The van der Waals surface area contributed by atoms with Crippen molar-refractivity contribution in [1.29, 1.82) is 0 Å². The van der Waals surface area contributed by atoms with Crippen molar-refractivity contribution in [1.82, 2.24) is 4.98 Å². The average Bonchev–Trinajstić information content (AvgIpc) is 2.23. The van der Waals surface area contributed by atoms with E-state index in [1.807, 2.05) is 6.92 Å². The highest BCUT2D eigenvalue weighted by Crippen LogP contribution is 2.17. The van der Waals surface area contributed by atoms with Crippen LogP contribution in [0.25, 0.3) is 0 Å². The van der Waals surface area contributed by atoms with Gasteiger partial charge in [0.05, 0.1) is 18.6 Å². The number of nitrogens with two attached hydrogens (primary N) is 1. The van der Waals surface area contributed by atoms with Crippen LogP contribution >= 0.6 is 15.9 Å². The summed E-state index contributed by atoms with van der Waals surface area (Å²) in [7, 11) is -3.45. The number of halogens is 1. The molecule has 5 nitrogen and oxygen atoms in total. The molecule has 1 atom stereocenters. The molecule has 1 aromatic heterocycles. The van der Waals surface area contributed by atoms with E-state index in [0.717, 1.165) is 4.47 Å². The molecular weight excluding hydrogens is 308 g/mol. The van der Waals surface area contributed by atoms with Gasteiger partial charge in [0.15, 0.2) is 0 Å². The number of aromatic nitrogens is 1. The summed E-state index contributed by atoms with van der Waals surface area (Å²) >= 11 is 3.28. The lowest BCUT2D eigenvalue weighted by Gasteiger charge is -2.14. The molecule has 0 aliphatic carbocycles. The van der Waals surface area contributed by atoms with Gasteiger partial charge in [0.25, 0.3) is 0 Å². The number of rotatable bonds is 6. The van der Waals surface area contributed by atoms with E-state index in [1.54, 1.807) is 18.5 Å². The molecule has 96 valence electrons. The zero-order valence-electron chi connectivity index (χ0n) is 9.47. The quantitative estimate of drug-likeness (QED) is 0.861. The number of pyridine rings is 1. The predicted molar refractivity (Wildman–Crippen MR) is 69.2 cm³/mol. The number of sulfonamides is 1. The molecule has 1 aromatic rings. The average molecular weight is 323 g/mol. The van der Waals surface area contributed by atoms with Crippen LogP contribution < -0.4 is 9.88 Å². The molecule has 0 spiro atoms. The normalized spacial score (nSPS) is 13.4. The van der Waals surface area contributed by atoms with Crippen molar-refractivity contribution < 1.29 is 13.2 Å². The second-order valence-electron chi connectivity index (χ2n) is 3.75. The molecule has 17 heavy (non-hydrogen) atoms. The third-order valence-electron chi connectivity index (χ3n) is 2.21. The Labute approximate surface area is 110 Å². The van der Waals surface area contributed by atoms with Crippen molar-refractivity contribution in [2.45, 2.75) is 13.3 Å². The van der Waals surface area contributed by atoms with Crippen LogP contribution in [-0.4, -0.2) is 25.8 Å². The number of hydrogen-bond acceptors (Lipinski definition) is 4. The molecule has 1 heterocycles. The number of ether oxygens (including phenoxy) is 1. The molecular formula is C10H15BrN2O3S. The smallest absolute Gasteiger partial charge is 0.209 e. The molecule has 0 saturated carbocycles. The highest BCUT2D eigenvalue weighted by molar-refractivity contribution is 9.10. The van der Waals surface area contributed by atoms with Gasteiger partial charge < -0.3 is 4.74 Å². The first-order valence-electron chi connectivity index (χ1n) is 5.14. The fourth-order valence-electron chi connectivity index (χ4n) is 1.30. The maximum atomic E-state index is 11.0. The Morgan fingerprint density at radius 2 is 2.24 bits per heavy atom. The summed E-state index contributed by atoms with van der Waals surface area (Å²) in [6.45, 7) is 2.21. The van der Waals surface area contributed by atoms with Crippen LogP contribution in [0.5, 0.6) is 5.75 Å². The van der Waals surface area contributed by atoms with Gasteiger partial charge in [-0.1, -0.05) is 6.92 Å². The van der Waals surface area contributed by atoms with Crippen LogP contribution in [0.15, 0.2) is 22.9 Å². The topological polar surface area (TPSA) is 82.3 Å². The third kappa shape index (κ3) is 5.99. The van der Waals surface area contributed by atoms with Crippen molar-refractivity contribution in [2.75, 3.05) is 12.4 Å². The Hall–Kier alpha value is -0.660. The van der Waals surface area contributed by atoms with Gasteiger partial charge >= 0.3 is 0 Å². The van der Waals surface area contributed by atoms with Crippen molar-refractivity contribution in [3.8, 4) is 5.75 Å². The van der Waals surface area contributed by atoms with Crippen LogP contribution in [0, 0.1) is 5.92 Å². The lowest BCUT2D eigenvalue weighted by molar-refractivity contribution is 0.256. The highest BCUT2D eigenvalue weighted by Gasteiger charge is 2.14. The first-order valence-corrected chi connectivity index (χ1v) is 7.65. The Kier molecular flexibility index (Phi) is 5.35. The van der Waals surface area contributed by atoms with E-state index in [1.165, 1.54) is 0 Å². The SMILES string of the molecule is CCC(COc1cncc(Br)c1)CS(N)(=O)=O. The molecule has 0 aliphatic rings. The fourth-order valence-corrected chi connectivity index (χ4v) is 2.63. The van der Waals surface area contributed by atoms with Crippen molar-refractivity contribution in [3.63, 3.8) is 0 Å². The molecule has 0 radical (unpaired) electrons. The Balaban J connectivity index is 2.53. The maximum absolute atomic E-state index is 11.0. The Morgan fingerprint density at radius 3 is 2.76 bits per heavy atom. The first-order chi connectivity index (χ1) is 7.90. The Morgan fingerprint density at radius 1 is 1.53 bits per heavy atom. The summed E-state index contributed by atoms with van der Waals surface area (Å²) in [5.41, 5.74) is 0. The van der Waals surface area contributed by atoms with Crippen molar-refractivity contribution in [3.05, 3.63) is 22.9 Å². The van der Waals surface area contributed by atoms with Gasteiger partial charge in [0.1, 0.15) is 5.75 Å². The highest BCUT2D eigenvalue weighted by atomic mass is 79.9. The molecule has 7 heteroatoms. The monoisotopic (exact) mass is 322 g/mol. The van der Waals surface area contributed by atoms with Crippen molar-refractivity contribution in [2.24, 2.45) is 11.1 Å². The summed E-state index contributed by atoms with van der Waals surface area (Å²) in [6.07, 6.45) is 3.92. The lowest BCUT2D eigenvalue weighted by Crippen LogP contribution is -2.26. The van der Waals surface area contributed by atoms with Crippen LogP contribution in [0.2, 0.25) is 0 Å². The lowest BCUT2D eigenvalue weighted by atomic mass is 10.1. The molecule has 2 N–H and O–H groups in total. The second-order valence-corrected chi connectivity index (χ2v) is 6.33. The Bertz CT molecular complexity index is 464. The summed E-state index contributed by atoms with van der Waals surface area (Å²) in [6, 6.07) is 1.77. The van der Waals surface area contributed by atoms with Gasteiger partial charge in [-0.15, -0.1) is 0 Å². The standard InChI is InChI=1S/C10H15BrN2O3S/c1-2-8(7-17(12,14)15)6-16-10-3-9(11)4-13-5-10/h3-5,8H,2,6-7H2,1H3,(H2,12,14,15). The predicted octanol–water partition coefficient (Wildman–Crippen LogP) is 1.54. The van der Waals surface area contributed by atoms with E-state index in [-0.39, 0.29) is 11.7 Å². The van der Waals surface area contributed by atoms with E-state index in [4.69, 9.17) is 9.88 Å². The van der Waals surface area contributed by atoms with Gasteiger partial charge in [0.2, 0.25) is 10.0 Å². The van der Waals surface area contributed by atoms with Crippen LogP contribution in [0.3, 0.4) is 0 Å². The molecule has 0 fully saturated rings. The van der Waals surface area contributed by atoms with Gasteiger partial charge in [0, 0.05) is 16.6 Å². The summed E-state index contributed by atoms with van der Waals surface area (Å²) < 4.78 is 28.2. The molecule has 0 bridgehead atoms. The largest absolute Gasteiger partial charge is 0.492 e. The minimum absolute atomic E-state index is 0.0646. The van der Waals surface area contributed by atoms with Crippen LogP contribution in [0.4, 0.5) is 0 Å². The van der Waals surface area contributed by atoms with Gasteiger partial charge in [-0.3, -0.25) is 4.98 Å². The molecule has 0 aromatic carbocycles. The number of primary sulfonamides is 1. The van der Waals surface area contributed by atoms with Crippen molar-refractivity contribution >= 4 is 26.0 Å². The molecule has 1 rings (SSSR count). The third-order valence-corrected chi connectivity index (χ3v) is 3.58. The van der Waals surface area contributed by atoms with E-state index >= 15 is 0 Å². The summed E-state index contributed by atoms with van der Waals surface area (Å²) in [5, 5.41) is 5.00. The van der Waals surface area contributed by atoms with Gasteiger partial charge in [-0.05, 0) is 28.4 Å². The molecule has 0 aliphatic heterocycles. The van der Waals surface area contributed by atoms with Gasteiger partial charge in [-0.25, -0.2) is 13.6 Å². The second kappa shape index (κ2) is 6.32. The zero-order chi connectivity index (χ0) is 12.9. The first kappa shape index (κ1) is 14.4. The summed E-state index contributed by atoms with van der Waals surface area (Å²) in [5.74, 6) is 0.432. The number of hydrogen-bond donors (Lipinski definition) is 1. The van der Waals surface area contributed by atoms with Gasteiger partial charge in [-0.2, -0.15) is 0 Å². The molecule has 0 amide bonds.